The Bertz CT molecular complexity index is 1300. The molecule has 0 amide bonds. The van der Waals surface area contributed by atoms with E-state index in [0.29, 0.717) is 22.8 Å². The minimum Gasteiger partial charge on any atom is -0.454 e. The largest absolute Gasteiger partial charge is 0.454 e. The summed E-state index contributed by atoms with van der Waals surface area (Å²) < 4.78 is 10.8. The van der Waals surface area contributed by atoms with Crippen LogP contribution in [0.3, 0.4) is 0 Å². The number of carbonyl (C=O) groups is 3. The molecule has 3 aromatic rings. The summed E-state index contributed by atoms with van der Waals surface area (Å²) in [6, 6.07) is 21.5. The molecule has 228 valence electrons. The van der Waals surface area contributed by atoms with E-state index in [1.165, 1.54) is 99.6 Å². The van der Waals surface area contributed by atoms with Gasteiger partial charge in [0.15, 0.2) is 12.4 Å². The molecule has 43 heavy (non-hydrogen) atoms. The minimum absolute atomic E-state index is 0.241. The monoisotopic (exact) mass is 582 g/mol. The first kappa shape index (κ1) is 32.2. The van der Waals surface area contributed by atoms with Crippen molar-refractivity contribution in [3.63, 3.8) is 0 Å². The molecule has 0 bridgehead atoms. The van der Waals surface area contributed by atoms with Crippen molar-refractivity contribution in [1.82, 2.24) is 0 Å². The molecule has 0 aliphatic heterocycles. The summed E-state index contributed by atoms with van der Waals surface area (Å²) in [5, 5.41) is 0. The third-order valence-electron chi connectivity index (χ3n) is 8.64. The normalized spacial score (nSPS) is 16.4. The molecular weight excluding hydrogens is 536 g/mol. The third-order valence-corrected chi connectivity index (χ3v) is 8.64. The Kier molecular flexibility index (Phi) is 12.6. The van der Waals surface area contributed by atoms with Crippen LogP contribution >= 0.6 is 0 Å². The highest BCUT2D eigenvalue weighted by Gasteiger charge is 2.22. The lowest BCUT2D eigenvalue weighted by Gasteiger charge is -2.28. The first-order chi connectivity index (χ1) is 21.0. The summed E-state index contributed by atoms with van der Waals surface area (Å²) in [5.41, 5.74) is 3.64. The second-order valence-electron chi connectivity index (χ2n) is 11.9. The molecule has 5 nitrogen and oxygen atoms in total. The van der Waals surface area contributed by atoms with Gasteiger partial charge in [0.2, 0.25) is 0 Å². The van der Waals surface area contributed by atoms with Gasteiger partial charge in [0, 0.05) is 5.56 Å². The molecule has 3 aromatic carbocycles. The van der Waals surface area contributed by atoms with Gasteiger partial charge in [0.05, 0.1) is 11.1 Å². The lowest BCUT2D eigenvalue weighted by Crippen LogP contribution is -2.15. The van der Waals surface area contributed by atoms with E-state index in [9.17, 15) is 14.4 Å². The zero-order valence-electron chi connectivity index (χ0n) is 25.8. The zero-order chi connectivity index (χ0) is 30.4. The van der Waals surface area contributed by atoms with Crippen LogP contribution in [-0.2, 0) is 11.2 Å². The standard InChI is InChI=1S/C38H46O5/c1-3-5-6-7-8-10-29-13-25-35(26-14-29)43-38(41)34-23-21-33(22-24-34)37(40)42-27-36(39)32-19-17-31(18-20-32)30-15-11-28(9-4-2)12-16-30/h13-14,17-26,28,30H,3-12,15-16,27H2,1-2H3. The topological polar surface area (TPSA) is 69.7 Å². The summed E-state index contributed by atoms with van der Waals surface area (Å²) in [5.74, 6) is 0.548. The average Bonchev–Trinajstić information content (AvgIpc) is 3.05. The van der Waals surface area contributed by atoms with Crippen LogP contribution in [0, 0.1) is 5.92 Å². The molecule has 0 unspecified atom stereocenters. The van der Waals surface area contributed by atoms with Crippen LogP contribution in [-0.4, -0.2) is 24.3 Å². The van der Waals surface area contributed by atoms with Crippen LogP contribution in [0.25, 0.3) is 0 Å². The number of aryl methyl sites for hydroxylation is 1. The molecule has 4 rings (SSSR count). The van der Waals surface area contributed by atoms with Crippen molar-refractivity contribution in [3.05, 3.63) is 101 Å². The predicted molar refractivity (Wildman–Crippen MR) is 171 cm³/mol. The number of ether oxygens (including phenoxy) is 2. The molecular formula is C38H46O5. The Hall–Kier alpha value is -3.73. The van der Waals surface area contributed by atoms with E-state index in [1.807, 2.05) is 48.5 Å². The first-order valence-electron chi connectivity index (χ1n) is 16.2. The predicted octanol–water partition coefficient (Wildman–Crippen LogP) is 9.53. The van der Waals surface area contributed by atoms with E-state index in [1.54, 1.807) is 0 Å². The SMILES string of the molecule is CCCCCCCc1ccc(OC(=O)c2ccc(C(=O)OCC(=O)c3ccc(C4CCC(CCC)CC4)cc3)cc2)cc1. The fourth-order valence-electron chi connectivity index (χ4n) is 6.00. The number of rotatable bonds is 15. The maximum atomic E-state index is 12.7. The van der Waals surface area contributed by atoms with Crippen LogP contribution in [0.2, 0.25) is 0 Å². The van der Waals surface area contributed by atoms with Gasteiger partial charge in [-0.1, -0.05) is 88.8 Å². The molecule has 0 radical (unpaired) electrons. The van der Waals surface area contributed by atoms with Gasteiger partial charge >= 0.3 is 11.9 Å². The first-order valence-corrected chi connectivity index (χ1v) is 16.2. The molecule has 0 aromatic heterocycles. The molecule has 0 heterocycles. The zero-order valence-corrected chi connectivity index (χ0v) is 25.8. The van der Waals surface area contributed by atoms with Crippen molar-refractivity contribution in [2.45, 2.75) is 96.8 Å². The smallest absolute Gasteiger partial charge is 0.343 e. The highest BCUT2D eigenvalue weighted by atomic mass is 16.5. The van der Waals surface area contributed by atoms with Crippen molar-refractivity contribution in [2.24, 2.45) is 5.92 Å². The fraction of sp³-hybridized carbons (Fsp3) is 0.447. The van der Waals surface area contributed by atoms with Gasteiger partial charge in [-0.25, -0.2) is 9.59 Å². The van der Waals surface area contributed by atoms with E-state index >= 15 is 0 Å². The van der Waals surface area contributed by atoms with Crippen molar-refractivity contribution < 1.29 is 23.9 Å². The summed E-state index contributed by atoms with van der Waals surface area (Å²) in [6.45, 7) is 4.13. The van der Waals surface area contributed by atoms with Crippen molar-refractivity contribution in [1.29, 1.82) is 0 Å². The number of unbranched alkanes of at least 4 members (excludes halogenated alkanes) is 4. The molecule has 0 atom stereocenters. The Balaban J connectivity index is 1.20. The summed E-state index contributed by atoms with van der Waals surface area (Å²) in [6.07, 6.45) is 14.8. The Morgan fingerprint density at radius 2 is 1.26 bits per heavy atom. The maximum Gasteiger partial charge on any atom is 0.343 e. The van der Waals surface area contributed by atoms with E-state index in [2.05, 4.69) is 13.8 Å². The molecule has 0 saturated heterocycles. The number of carbonyl (C=O) groups excluding carboxylic acids is 3. The van der Waals surface area contributed by atoms with Crippen molar-refractivity contribution in [3.8, 4) is 5.75 Å². The number of hydrogen-bond acceptors (Lipinski definition) is 5. The summed E-state index contributed by atoms with van der Waals surface area (Å²) in [4.78, 5) is 37.8. The van der Waals surface area contributed by atoms with E-state index in [0.717, 1.165) is 18.8 Å². The lowest BCUT2D eigenvalue weighted by molar-refractivity contribution is 0.0474. The maximum absolute atomic E-state index is 12.7. The molecule has 1 fully saturated rings. The van der Waals surface area contributed by atoms with Crippen LogP contribution in [0.5, 0.6) is 5.75 Å². The Morgan fingerprint density at radius 3 is 1.88 bits per heavy atom. The van der Waals surface area contributed by atoms with E-state index < -0.39 is 11.9 Å². The van der Waals surface area contributed by atoms with Gasteiger partial charge in [0.1, 0.15) is 5.75 Å². The molecule has 1 saturated carbocycles. The van der Waals surface area contributed by atoms with Crippen LogP contribution in [0.15, 0.2) is 72.8 Å². The van der Waals surface area contributed by atoms with Gasteiger partial charge in [-0.15, -0.1) is 0 Å². The van der Waals surface area contributed by atoms with Crippen molar-refractivity contribution >= 4 is 17.7 Å². The van der Waals surface area contributed by atoms with Gasteiger partial charge in [-0.05, 0) is 97.9 Å². The van der Waals surface area contributed by atoms with Crippen LogP contribution in [0.4, 0.5) is 0 Å². The summed E-state index contributed by atoms with van der Waals surface area (Å²) in [7, 11) is 0. The van der Waals surface area contributed by atoms with E-state index in [4.69, 9.17) is 9.47 Å². The second-order valence-corrected chi connectivity index (χ2v) is 11.9. The lowest BCUT2D eigenvalue weighted by atomic mass is 9.77. The van der Waals surface area contributed by atoms with Crippen LogP contribution in [0.1, 0.15) is 133 Å². The molecule has 0 N–H and O–H groups in total. The third kappa shape index (κ3) is 9.91. The van der Waals surface area contributed by atoms with Gasteiger partial charge in [-0.3, -0.25) is 4.79 Å². The number of benzene rings is 3. The quantitative estimate of drug-likeness (QED) is 0.0772. The average molecular weight is 583 g/mol. The number of ketones is 1. The number of hydrogen-bond donors (Lipinski definition) is 0. The molecule has 1 aliphatic rings. The Labute approximate surface area is 257 Å². The second kappa shape index (κ2) is 16.8. The highest BCUT2D eigenvalue weighted by Crippen LogP contribution is 2.37. The Morgan fingerprint density at radius 1 is 0.651 bits per heavy atom. The van der Waals surface area contributed by atoms with E-state index in [-0.39, 0.29) is 18.0 Å². The molecule has 1 aliphatic carbocycles. The van der Waals surface area contributed by atoms with Gasteiger partial charge in [-0.2, -0.15) is 0 Å². The molecule has 5 heteroatoms. The minimum atomic E-state index is -0.612. The van der Waals surface area contributed by atoms with Crippen LogP contribution < -0.4 is 4.74 Å². The summed E-state index contributed by atoms with van der Waals surface area (Å²) >= 11 is 0. The fourth-order valence-corrected chi connectivity index (χ4v) is 6.00. The van der Waals surface area contributed by atoms with Gasteiger partial charge in [0.25, 0.3) is 0 Å². The number of Topliss-reactive ketones (excluding diaryl/α,β-unsaturated/α-hetero) is 1. The van der Waals surface area contributed by atoms with Crippen molar-refractivity contribution in [2.75, 3.05) is 6.61 Å². The molecule has 0 spiro atoms. The highest BCUT2D eigenvalue weighted by molar-refractivity contribution is 5.99. The van der Waals surface area contributed by atoms with Gasteiger partial charge < -0.3 is 9.47 Å². The number of esters is 2.